The van der Waals surface area contributed by atoms with Crippen molar-refractivity contribution >= 4 is 28.0 Å². The first-order valence-electron chi connectivity index (χ1n) is 4.05. The molecular weight excluding hydrogens is 270 g/mol. The molecule has 5 heteroatoms. The molecule has 0 aliphatic heterocycles. The van der Waals surface area contributed by atoms with Crippen LogP contribution in [0.1, 0.15) is 39.6 Å². The third kappa shape index (κ3) is 2.47. The first-order valence-corrected chi connectivity index (χ1v) is 4.84. The van der Waals surface area contributed by atoms with E-state index >= 15 is 0 Å². The Labute approximate surface area is 93.4 Å². The largest absolute Gasteiger partial charge is 0.298 e. The molecule has 1 rings (SSSR count). The standard InChI is InChI=1S/C10H7BrF2O2/c1-5(15)7-2-6(11)3-8(10(12)13)9(7)4-14/h2-4,10H,1H3. The average Bonchev–Trinajstić information content (AvgIpc) is 2.16. The van der Waals surface area contributed by atoms with E-state index in [4.69, 9.17) is 0 Å². The van der Waals surface area contributed by atoms with Crippen molar-refractivity contribution in [1.29, 1.82) is 0 Å². The number of hydrogen-bond acceptors (Lipinski definition) is 2. The van der Waals surface area contributed by atoms with Crippen molar-refractivity contribution in [3.8, 4) is 0 Å². The summed E-state index contributed by atoms with van der Waals surface area (Å²) < 4.78 is 25.4. The number of carbonyl (C=O) groups is 2. The summed E-state index contributed by atoms with van der Waals surface area (Å²) in [6.07, 6.45) is -2.49. The van der Waals surface area contributed by atoms with Gasteiger partial charge in [-0.15, -0.1) is 0 Å². The van der Waals surface area contributed by atoms with Crippen LogP contribution in [-0.4, -0.2) is 12.1 Å². The molecule has 0 bridgehead atoms. The molecule has 0 fully saturated rings. The van der Waals surface area contributed by atoms with Gasteiger partial charge in [0.05, 0.1) is 0 Å². The minimum atomic E-state index is -2.78. The highest BCUT2D eigenvalue weighted by atomic mass is 79.9. The monoisotopic (exact) mass is 276 g/mol. The lowest BCUT2D eigenvalue weighted by molar-refractivity contribution is 0.100. The van der Waals surface area contributed by atoms with E-state index in [1.54, 1.807) is 0 Å². The quantitative estimate of drug-likeness (QED) is 0.626. The molecule has 0 atom stereocenters. The summed E-state index contributed by atoms with van der Waals surface area (Å²) in [7, 11) is 0. The smallest absolute Gasteiger partial charge is 0.264 e. The second-order valence-corrected chi connectivity index (χ2v) is 3.85. The molecule has 0 aliphatic rings. The van der Waals surface area contributed by atoms with E-state index in [1.807, 2.05) is 0 Å². The van der Waals surface area contributed by atoms with Crippen molar-refractivity contribution in [2.45, 2.75) is 13.3 Å². The van der Waals surface area contributed by atoms with Crippen LogP contribution in [0.25, 0.3) is 0 Å². The summed E-state index contributed by atoms with van der Waals surface area (Å²) in [5.74, 6) is -0.416. The topological polar surface area (TPSA) is 34.1 Å². The van der Waals surface area contributed by atoms with Gasteiger partial charge in [0.25, 0.3) is 6.43 Å². The van der Waals surface area contributed by atoms with Crippen molar-refractivity contribution in [3.05, 3.63) is 33.3 Å². The lowest BCUT2D eigenvalue weighted by Gasteiger charge is -2.08. The summed E-state index contributed by atoms with van der Waals surface area (Å²) in [6, 6.07) is 2.50. The molecule has 0 aliphatic carbocycles. The van der Waals surface area contributed by atoms with E-state index < -0.39 is 17.8 Å². The lowest BCUT2D eigenvalue weighted by atomic mass is 10.00. The Balaban J connectivity index is 3.52. The van der Waals surface area contributed by atoms with E-state index in [0.717, 1.165) is 6.07 Å². The highest BCUT2D eigenvalue weighted by molar-refractivity contribution is 9.10. The number of benzene rings is 1. The Morgan fingerprint density at radius 2 is 2.07 bits per heavy atom. The second kappa shape index (κ2) is 4.61. The zero-order valence-electron chi connectivity index (χ0n) is 7.76. The van der Waals surface area contributed by atoms with Crippen LogP contribution in [0.3, 0.4) is 0 Å². The van der Waals surface area contributed by atoms with Crippen molar-refractivity contribution in [2.75, 3.05) is 0 Å². The van der Waals surface area contributed by atoms with E-state index in [1.165, 1.54) is 13.0 Å². The molecule has 80 valence electrons. The maximum absolute atomic E-state index is 12.5. The normalized spacial score (nSPS) is 10.5. The van der Waals surface area contributed by atoms with E-state index in [0.29, 0.717) is 4.47 Å². The fourth-order valence-electron chi connectivity index (χ4n) is 1.24. The van der Waals surface area contributed by atoms with Crippen molar-refractivity contribution in [2.24, 2.45) is 0 Å². The molecule has 0 radical (unpaired) electrons. The number of hydrogen-bond donors (Lipinski definition) is 0. The summed E-state index contributed by atoms with van der Waals surface area (Å²) >= 11 is 3.01. The predicted octanol–water partition coefficient (Wildman–Crippen LogP) is 3.40. The van der Waals surface area contributed by atoms with Crippen LogP contribution in [0.15, 0.2) is 16.6 Å². The van der Waals surface area contributed by atoms with Crippen LogP contribution < -0.4 is 0 Å². The van der Waals surface area contributed by atoms with Crippen molar-refractivity contribution < 1.29 is 18.4 Å². The molecule has 0 unspecified atom stereocenters. The Morgan fingerprint density at radius 3 is 2.47 bits per heavy atom. The Bertz CT molecular complexity index is 416. The first kappa shape index (κ1) is 12.0. The van der Waals surface area contributed by atoms with Crippen LogP contribution in [0, 0.1) is 0 Å². The molecule has 2 nitrogen and oxygen atoms in total. The van der Waals surface area contributed by atoms with E-state index in [9.17, 15) is 18.4 Å². The number of aldehydes is 1. The molecule has 0 spiro atoms. The van der Waals surface area contributed by atoms with Gasteiger partial charge >= 0.3 is 0 Å². The minimum Gasteiger partial charge on any atom is -0.298 e. The molecule has 1 aromatic rings. The summed E-state index contributed by atoms with van der Waals surface area (Å²) in [5.41, 5.74) is -0.653. The van der Waals surface area contributed by atoms with E-state index in [2.05, 4.69) is 15.9 Å². The lowest BCUT2D eigenvalue weighted by Crippen LogP contribution is -2.04. The second-order valence-electron chi connectivity index (χ2n) is 2.93. The highest BCUT2D eigenvalue weighted by Gasteiger charge is 2.18. The Morgan fingerprint density at radius 1 is 1.47 bits per heavy atom. The minimum absolute atomic E-state index is 0.00896. The molecule has 0 saturated heterocycles. The number of alkyl halides is 2. The van der Waals surface area contributed by atoms with Gasteiger partial charge in [0.1, 0.15) is 0 Å². The van der Waals surface area contributed by atoms with Gasteiger partial charge < -0.3 is 0 Å². The van der Waals surface area contributed by atoms with Crippen LogP contribution in [0.5, 0.6) is 0 Å². The van der Waals surface area contributed by atoms with E-state index in [-0.39, 0.29) is 17.4 Å². The van der Waals surface area contributed by atoms with Gasteiger partial charge in [-0.25, -0.2) is 8.78 Å². The number of rotatable bonds is 3. The predicted molar refractivity (Wildman–Crippen MR) is 54.5 cm³/mol. The maximum Gasteiger partial charge on any atom is 0.264 e. The van der Waals surface area contributed by atoms with Gasteiger partial charge in [-0.3, -0.25) is 9.59 Å². The molecule has 0 saturated carbocycles. The molecule has 0 heterocycles. The first-order chi connectivity index (χ1) is 6.97. The van der Waals surface area contributed by atoms with Crippen LogP contribution in [0.2, 0.25) is 0 Å². The third-order valence-corrected chi connectivity index (χ3v) is 2.37. The Kier molecular flexibility index (Phi) is 3.68. The van der Waals surface area contributed by atoms with Crippen molar-refractivity contribution in [1.82, 2.24) is 0 Å². The Hall–Kier alpha value is -1.10. The number of carbonyl (C=O) groups excluding carboxylic acids is 2. The van der Waals surface area contributed by atoms with Gasteiger partial charge in [-0.2, -0.15) is 0 Å². The molecular formula is C10H7BrF2O2. The molecule has 0 aromatic heterocycles. The average molecular weight is 277 g/mol. The van der Waals surface area contributed by atoms with Gasteiger partial charge in [-0.1, -0.05) is 15.9 Å². The fraction of sp³-hybridized carbons (Fsp3) is 0.200. The van der Waals surface area contributed by atoms with Gasteiger partial charge in [-0.05, 0) is 19.1 Å². The summed E-state index contributed by atoms with van der Waals surface area (Å²) in [5, 5.41) is 0. The third-order valence-electron chi connectivity index (χ3n) is 1.91. The van der Waals surface area contributed by atoms with Crippen molar-refractivity contribution in [3.63, 3.8) is 0 Å². The number of halogens is 3. The van der Waals surface area contributed by atoms with Gasteiger partial charge in [0, 0.05) is 21.2 Å². The zero-order chi connectivity index (χ0) is 11.6. The zero-order valence-corrected chi connectivity index (χ0v) is 9.35. The molecule has 1 aromatic carbocycles. The van der Waals surface area contributed by atoms with Gasteiger partial charge in [0.15, 0.2) is 12.1 Å². The molecule has 15 heavy (non-hydrogen) atoms. The fourth-order valence-corrected chi connectivity index (χ4v) is 1.72. The molecule has 0 amide bonds. The summed E-state index contributed by atoms with van der Waals surface area (Å²) in [4.78, 5) is 21.8. The number of ketones is 1. The van der Waals surface area contributed by atoms with Gasteiger partial charge in [0.2, 0.25) is 0 Å². The van der Waals surface area contributed by atoms with Crippen LogP contribution in [0.4, 0.5) is 8.78 Å². The van der Waals surface area contributed by atoms with Crippen LogP contribution in [-0.2, 0) is 0 Å². The SMILES string of the molecule is CC(=O)c1cc(Br)cc(C(F)F)c1C=O. The number of Topliss-reactive ketones (excluding diaryl/α,β-unsaturated/α-hetero) is 1. The molecule has 0 N–H and O–H groups in total. The summed E-state index contributed by atoms with van der Waals surface area (Å²) in [6.45, 7) is 1.23. The maximum atomic E-state index is 12.5. The van der Waals surface area contributed by atoms with Crippen LogP contribution >= 0.6 is 15.9 Å². The highest BCUT2D eigenvalue weighted by Crippen LogP contribution is 2.28.